The van der Waals surface area contributed by atoms with Crippen LogP contribution < -0.4 is 0 Å². The van der Waals surface area contributed by atoms with E-state index < -0.39 is 0 Å². The summed E-state index contributed by atoms with van der Waals surface area (Å²) >= 11 is 1.81. The monoisotopic (exact) mass is 264 g/mol. The lowest BCUT2D eigenvalue weighted by Gasteiger charge is -2.13. The summed E-state index contributed by atoms with van der Waals surface area (Å²) in [5.41, 5.74) is 0.853. The van der Waals surface area contributed by atoms with Crippen LogP contribution in [0.3, 0.4) is 0 Å². The van der Waals surface area contributed by atoms with Crippen LogP contribution in [-0.2, 0) is 0 Å². The molecule has 0 spiro atoms. The predicted molar refractivity (Wildman–Crippen MR) is 80.4 cm³/mol. The van der Waals surface area contributed by atoms with Crippen molar-refractivity contribution in [1.82, 2.24) is 0 Å². The van der Waals surface area contributed by atoms with Gasteiger partial charge in [-0.15, -0.1) is 11.8 Å². The van der Waals surface area contributed by atoms with Gasteiger partial charge in [-0.3, -0.25) is 4.79 Å². The molecule has 0 aliphatic carbocycles. The predicted octanol–water partition coefficient (Wildman–Crippen LogP) is 5.05. The molecular weight excluding hydrogens is 240 g/mol. The summed E-state index contributed by atoms with van der Waals surface area (Å²) in [7, 11) is 0. The number of rotatable bonds is 7. The van der Waals surface area contributed by atoms with E-state index in [1.165, 1.54) is 4.90 Å². The molecule has 1 rings (SSSR count). The minimum atomic E-state index is 0.274. The molecule has 0 aliphatic heterocycles. The molecule has 0 amide bonds. The van der Waals surface area contributed by atoms with Crippen molar-refractivity contribution in [1.29, 1.82) is 0 Å². The van der Waals surface area contributed by atoms with Crippen LogP contribution in [0.5, 0.6) is 0 Å². The highest BCUT2D eigenvalue weighted by molar-refractivity contribution is 7.99. The van der Waals surface area contributed by atoms with E-state index in [2.05, 4.69) is 39.8 Å². The number of benzene rings is 1. The summed E-state index contributed by atoms with van der Waals surface area (Å²) in [6.45, 7) is 8.71. The lowest BCUT2D eigenvalue weighted by Crippen LogP contribution is -2.08. The lowest BCUT2D eigenvalue weighted by molar-refractivity contribution is 0.0960. The fraction of sp³-hybridized carbons (Fsp3) is 0.562. The number of carbonyl (C=O) groups is 1. The maximum atomic E-state index is 12.1. The van der Waals surface area contributed by atoms with Crippen molar-refractivity contribution in [2.45, 2.75) is 45.4 Å². The average molecular weight is 264 g/mol. The zero-order valence-electron chi connectivity index (χ0n) is 11.9. The fourth-order valence-corrected chi connectivity index (χ4v) is 2.89. The number of hydrogen-bond acceptors (Lipinski definition) is 2. The second kappa shape index (κ2) is 7.63. The van der Waals surface area contributed by atoms with E-state index in [0.717, 1.165) is 17.7 Å². The molecule has 0 aliphatic rings. The number of thioether (sulfide) groups is 1. The molecule has 18 heavy (non-hydrogen) atoms. The van der Waals surface area contributed by atoms with Crippen LogP contribution in [0, 0.1) is 11.8 Å². The van der Waals surface area contributed by atoms with E-state index in [1.54, 1.807) is 11.8 Å². The van der Waals surface area contributed by atoms with Crippen molar-refractivity contribution in [2.24, 2.45) is 11.8 Å². The Balaban J connectivity index is 2.56. The Morgan fingerprint density at radius 3 is 2.28 bits per heavy atom. The first-order valence-corrected chi connectivity index (χ1v) is 7.77. The molecule has 1 aromatic carbocycles. The van der Waals surface area contributed by atoms with Gasteiger partial charge in [-0.1, -0.05) is 39.8 Å². The molecule has 1 nitrogen and oxygen atoms in total. The van der Waals surface area contributed by atoms with Gasteiger partial charge in [-0.2, -0.15) is 0 Å². The second-order valence-electron chi connectivity index (χ2n) is 5.32. The van der Waals surface area contributed by atoms with E-state index in [-0.39, 0.29) is 5.78 Å². The first-order valence-electron chi connectivity index (χ1n) is 6.79. The van der Waals surface area contributed by atoms with Gasteiger partial charge in [-0.05, 0) is 36.1 Å². The molecule has 1 unspecified atom stereocenters. The normalized spacial score (nSPS) is 12.7. The smallest absolute Gasteiger partial charge is 0.163 e. The standard InChI is InChI=1S/C16H24OS/c1-5-18-15-8-6-14(7-9-15)16(17)11-13(4)10-12(2)3/h6-9,12-13H,5,10-11H2,1-4H3. The molecule has 0 N–H and O–H groups in total. The van der Waals surface area contributed by atoms with E-state index in [4.69, 9.17) is 0 Å². The van der Waals surface area contributed by atoms with Gasteiger partial charge in [0.1, 0.15) is 0 Å². The fourth-order valence-electron chi connectivity index (χ4n) is 2.23. The molecule has 0 radical (unpaired) electrons. The summed E-state index contributed by atoms with van der Waals surface area (Å²) in [5.74, 6) is 2.48. The quantitative estimate of drug-likeness (QED) is 0.506. The van der Waals surface area contributed by atoms with Crippen molar-refractivity contribution < 1.29 is 4.79 Å². The van der Waals surface area contributed by atoms with Crippen LogP contribution in [0.25, 0.3) is 0 Å². The third-order valence-corrected chi connectivity index (χ3v) is 3.79. The zero-order valence-corrected chi connectivity index (χ0v) is 12.7. The van der Waals surface area contributed by atoms with Crippen molar-refractivity contribution in [3.8, 4) is 0 Å². The van der Waals surface area contributed by atoms with Crippen molar-refractivity contribution >= 4 is 17.5 Å². The lowest BCUT2D eigenvalue weighted by atomic mass is 9.92. The average Bonchev–Trinajstić information content (AvgIpc) is 2.29. The van der Waals surface area contributed by atoms with Gasteiger partial charge in [0.15, 0.2) is 5.78 Å². The molecule has 0 fully saturated rings. The third kappa shape index (κ3) is 5.26. The van der Waals surface area contributed by atoms with Gasteiger partial charge in [0.05, 0.1) is 0 Å². The number of carbonyl (C=O) groups excluding carboxylic acids is 1. The molecule has 0 bridgehead atoms. The molecule has 2 heteroatoms. The SMILES string of the molecule is CCSc1ccc(C(=O)CC(C)CC(C)C)cc1. The highest BCUT2D eigenvalue weighted by Crippen LogP contribution is 2.21. The first kappa shape index (κ1) is 15.3. The Kier molecular flexibility index (Phi) is 6.48. The molecule has 100 valence electrons. The molecule has 0 heterocycles. The number of Topliss-reactive ketones (excluding diaryl/α,β-unsaturated/α-hetero) is 1. The molecule has 1 aromatic rings. The molecule has 1 atom stereocenters. The maximum Gasteiger partial charge on any atom is 0.163 e. The van der Waals surface area contributed by atoms with Gasteiger partial charge in [0.2, 0.25) is 0 Å². The van der Waals surface area contributed by atoms with E-state index in [1.807, 2.05) is 12.1 Å². The van der Waals surface area contributed by atoms with E-state index in [9.17, 15) is 4.79 Å². The molecule has 0 aromatic heterocycles. The third-order valence-electron chi connectivity index (χ3n) is 2.89. The minimum absolute atomic E-state index is 0.274. The van der Waals surface area contributed by atoms with Gasteiger partial charge < -0.3 is 0 Å². The summed E-state index contributed by atoms with van der Waals surface area (Å²) < 4.78 is 0. The Labute approximate surface area is 115 Å². The first-order chi connectivity index (χ1) is 8.52. The Hall–Kier alpha value is -0.760. The topological polar surface area (TPSA) is 17.1 Å². The highest BCUT2D eigenvalue weighted by Gasteiger charge is 2.12. The van der Waals surface area contributed by atoms with Crippen molar-refractivity contribution in [3.63, 3.8) is 0 Å². The second-order valence-corrected chi connectivity index (χ2v) is 6.66. The Bertz CT molecular complexity index is 367. The van der Waals surface area contributed by atoms with E-state index in [0.29, 0.717) is 18.3 Å². The van der Waals surface area contributed by atoms with Crippen LogP contribution in [0.15, 0.2) is 29.2 Å². The Morgan fingerprint density at radius 2 is 1.78 bits per heavy atom. The molecule has 0 saturated carbocycles. The van der Waals surface area contributed by atoms with Crippen LogP contribution in [0.2, 0.25) is 0 Å². The summed E-state index contributed by atoms with van der Waals surface area (Å²) in [6.07, 6.45) is 1.79. The minimum Gasteiger partial charge on any atom is -0.294 e. The number of ketones is 1. The van der Waals surface area contributed by atoms with Crippen molar-refractivity contribution in [2.75, 3.05) is 5.75 Å². The van der Waals surface area contributed by atoms with Gasteiger partial charge in [0, 0.05) is 16.9 Å². The number of hydrogen-bond donors (Lipinski definition) is 0. The molecule has 0 saturated heterocycles. The highest BCUT2D eigenvalue weighted by atomic mass is 32.2. The zero-order chi connectivity index (χ0) is 13.5. The summed E-state index contributed by atoms with van der Waals surface area (Å²) in [5, 5.41) is 0. The van der Waals surface area contributed by atoms with Crippen LogP contribution in [-0.4, -0.2) is 11.5 Å². The molecular formula is C16H24OS. The van der Waals surface area contributed by atoms with Crippen LogP contribution >= 0.6 is 11.8 Å². The summed E-state index contributed by atoms with van der Waals surface area (Å²) in [4.78, 5) is 13.3. The van der Waals surface area contributed by atoms with E-state index >= 15 is 0 Å². The summed E-state index contributed by atoms with van der Waals surface area (Å²) in [6, 6.07) is 8.02. The largest absolute Gasteiger partial charge is 0.294 e. The van der Waals surface area contributed by atoms with Gasteiger partial charge >= 0.3 is 0 Å². The van der Waals surface area contributed by atoms with Crippen molar-refractivity contribution in [3.05, 3.63) is 29.8 Å². The van der Waals surface area contributed by atoms with Gasteiger partial charge in [-0.25, -0.2) is 0 Å². The van der Waals surface area contributed by atoms with Crippen LogP contribution in [0.1, 0.15) is 50.9 Å². The van der Waals surface area contributed by atoms with Gasteiger partial charge in [0.25, 0.3) is 0 Å². The van der Waals surface area contributed by atoms with Crippen LogP contribution in [0.4, 0.5) is 0 Å². The Morgan fingerprint density at radius 1 is 1.17 bits per heavy atom. The maximum absolute atomic E-state index is 12.1.